The standard InChI is InChI=1S/C20H17ClN4O3/c21-14-5-3-4-13(12-14)19(27)24-8-10-25(11-9-24)20(28)17-15-6-1-2-7-16(15)18(26)23-22-17/h1-7,12H,8-11H2,(H,23,26). The summed E-state index contributed by atoms with van der Waals surface area (Å²) in [6.07, 6.45) is 0. The van der Waals surface area contributed by atoms with Crippen molar-refractivity contribution >= 4 is 34.2 Å². The largest absolute Gasteiger partial charge is 0.335 e. The van der Waals surface area contributed by atoms with Crippen molar-refractivity contribution < 1.29 is 9.59 Å². The third-order valence-electron chi connectivity index (χ3n) is 4.82. The molecule has 2 amide bonds. The fourth-order valence-electron chi connectivity index (χ4n) is 3.34. The molecule has 0 spiro atoms. The van der Waals surface area contributed by atoms with E-state index < -0.39 is 0 Å². The van der Waals surface area contributed by atoms with E-state index >= 15 is 0 Å². The van der Waals surface area contributed by atoms with Crippen LogP contribution < -0.4 is 5.56 Å². The molecule has 4 rings (SSSR count). The average molecular weight is 397 g/mol. The number of carbonyl (C=O) groups excluding carboxylic acids is 2. The number of hydrogen-bond donors (Lipinski definition) is 1. The number of aromatic amines is 1. The predicted molar refractivity (Wildman–Crippen MR) is 106 cm³/mol. The zero-order valence-electron chi connectivity index (χ0n) is 14.9. The summed E-state index contributed by atoms with van der Waals surface area (Å²) in [5, 5.41) is 7.81. The summed E-state index contributed by atoms with van der Waals surface area (Å²) in [5.74, 6) is -0.371. The summed E-state index contributed by atoms with van der Waals surface area (Å²) in [4.78, 5) is 40.8. The molecule has 0 aliphatic carbocycles. The molecule has 2 aromatic carbocycles. The first-order chi connectivity index (χ1) is 13.5. The van der Waals surface area contributed by atoms with Gasteiger partial charge in [0.05, 0.1) is 5.39 Å². The Balaban J connectivity index is 1.50. The van der Waals surface area contributed by atoms with Crippen molar-refractivity contribution in [3.63, 3.8) is 0 Å². The second-order valence-electron chi connectivity index (χ2n) is 6.54. The summed E-state index contributed by atoms with van der Waals surface area (Å²) < 4.78 is 0. The van der Waals surface area contributed by atoms with Gasteiger partial charge in [-0.3, -0.25) is 14.4 Å². The van der Waals surface area contributed by atoms with E-state index in [9.17, 15) is 14.4 Å². The Morgan fingerprint density at radius 3 is 2.21 bits per heavy atom. The number of hydrogen-bond acceptors (Lipinski definition) is 4. The molecule has 28 heavy (non-hydrogen) atoms. The number of H-pyrrole nitrogens is 1. The molecule has 1 N–H and O–H groups in total. The minimum Gasteiger partial charge on any atom is -0.335 e. The number of rotatable bonds is 2. The molecular weight excluding hydrogens is 380 g/mol. The van der Waals surface area contributed by atoms with Crippen LogP contribution in [0.2, 0.25) is 5.02 Å². The number of fused-ring (bicyclic) bond motifs is 1. The van der Waals surface area contributed by atoms with Gasteiger partial charge in [0.1, 0.15) is 0 Å². The summed E-state index contributed by atoms with van der Waals surface area (Å²) in [6, 6.07) is 13.7. The van der Waals surface area contributed by atoms with Crippen molar-refractivity contribution in [2.75, 3.05) is 26.2 Å². The normalized spacial score (nSPS) is 14.3. The Kier molecular flexibility index (Phi) is 4.83. The summed E-state index contributed by atoms with van der Waals surface area (Å²) in [5.41, 5.74) is 0.412. The van der Waals surface area contributed by atoms with Crippen LogP contribution in [0.4, 0.5) is 0 Å². The van der Waals surface area contributed by atoms with Gasteiger partial charge in [0.15, 0.2) is 5.69 Å². The van der Waals surface area contributed by atoms with Crippen LogP contribution >= 0.6 is 11.6 Å². The fourth-order valence-corrected chi connectivity index (χ4v) is 3.53. The molecule has 0 bridgehead atoms. The van der Waals surface area contributed by atoms with Crippen molar-refractivity contribution in [3.8, 4) is 0 Å². The number of carbonyl (C=O) groups is 2. The minimum absolute atomic E-state index is 0.109. The van der Waals surface area contributed by atoms with Gasteiger partial charge in [-0.1, -0.05) is 35.9 Å². The minimum atomic E-state index is -0.330. The van der Waals surface area contributed by atoms with Gasteiger partial charge in [0.2, 0.25) is 0 Å². The smallest absolute Gasteiger partial charge is 0.275 e. The summed E-state index contributed by atoms with van der Waals surface area (Å²) in [7, 11) is 0. The molecule has 0 atom stereocenters. The number of nitrogens with zero attached hydrogens (tertiary/aromatic N) is 3. The van der Waals surface area contributed by atoms with Gasteiger partial charge in [0.25, 0.3) is 17.4 Å². The van der Waals surface area contributed by atoms with Gasteiger partial charge in [-0.2, -0.15) is 5.10 Å². The monoisotopic (exact) mass is 396 g/mol. The van der Waals surface area contributed by atoms with Crippen molar-refractivity contribution in [3.05, 3.63) is 75.2 Å². The van der Waals surface area contributed by atoms with Crippen molar-refractivity contribution in [2.24, 2.45) is 0 Å². The maximum Gasteiger partial charge on any atom is 0.275 e. The highest BCUT2D eigenvalue weighted by molar-refractivity contribution is 6.30. The molecule has 1 saturated heterocycles. The maximum absolute atomic E-state index is 12.9. The van der Waals surface area contributed by atoms with Gasteiger partial charge in [-0.15, -0.1) is 0 Å². The quantitative estimate of drug-likeness (QED) is 0.719. The van der Waals surface area contributed by atoms with Crippen LogP contribution in [-0.4, -0.2) is 58.0 Å². The van der Waals surface area contributed by atoms with Gasteiger partial charge in [-0.05, 0) is 24.3 Å². The molecule has 3 aromatic rings. The molecule has 0 unspecified atom stereocenters. The van der Waals surface area contributed by atoms with Gasteiger partial charge < -0.3 is 9.80 Å². The van der Waals surface area contributed by atoms with E-state index in [-0.39, 0.29) is 23.1 Å². The first kappa shape index (κ1) is 18.2. The molecule has 1 aromatic heterocycles. The molecule has 1 fully saturated rings. The molecule has 0 radical (unpaired) electrons. The first-order valence-corrected chi connectivity index (χ1v) is 9.24. The zero-order valence-corrected chi connectivity index (χ0v) is 15.6. The Morgan fingerprint density at radius 2 is 1.54 bits per heavy atom. The third kappa shape index (κ3) is 3.36. The SMILES string of the molecule is O=C(c1cccc(Cl)c1)N1CCN(C(=O)c2n[nH]c(=O)c3ccccc23)CC1. The Hall–Kier alpha value is -3.19. The number of aromatic nitrogens is 2. The van der Waals surface area contributed by atoms with E-state index in [4.69, 9.17) is 11.6 Å². The van der Waals surface area contributed by atoms with Crippen molar-refractivity contribution in [1.29, 1.82) is 0 Å². The van der Waals surface area contributed by atoms with Gasteiger partial charge >= 0.3 is 0 Å². The van der Waals surface area contributed by atoms with E-state index in [0.717, 1.165) is 0 Å². The number of amides is 2. The highest BCUT2D eigenvalue weighted by Crippen LogP contribution is 2.17. The lowest BCUT2D eigenvalue weighted by atomic mass is 10.1. The lowest BCUT2D eigenvalue weighted by Gasteiger charge is -2.34. The Labute approximate surface area is 165 Å². The molecule has 7 nitrogen and oxygen atoms in total. The fraction of sp³-hybridized carbons (Fsp3) is 0.200. The van der Waals surface area contributed by atoms with Crippen LogP contribution in [0, 0.1) is 0 Å². The maximum atomic E-state index is 12.9. The second-order valence-corrected chi connectivity index (χ2v) is 6.98. The van der Waals surface area contributed by atoms with Crippen LogP contribution in [0.25, 0.3) is 10.8 Å². The highest BCUT2D eigenvalue weighted by Gasteiger charge is 2.27. The molecule has 1 aliphatic rings. The van der Waals surface area contributed by atoms with Crippen LogP contribution in [0.15, 0.2) is 53.3 Å². The topological polar surface area (TPSA) is 86.4 Å². The second kappa shape index (κ2) is 7.44. The number of halogens is 1. The molecule has 0 saturated carbocycles. The van der Waals surface area contributed by atoms with Gasteiger partial charge in [-0.25, -0.2) is 5.10 Å². The average Bonchev–Trinajstić information content (AvgIpc) is 2.73. The third-order valence-corrected chi connectivity index (χ3v) is 5.06. The van der Waals surface area contributed by atoms with E-state index in [1.807, 2.05) is 0 Å². The van der Waals surface area contributed by atoms with Crippen molar-refractivity contribution in [1.82, 2.24) is 20.0 Å². The molecule has 142 valence electrons. The summed E-state index contributed by atoms with van der Waals surface area (Å²) in [6.45, 7) is 1.61. The van der Waals surface area contributed by atoms with Crippen LogP contribution in [0.5, 0.6) is 0 Å². The first-order valence-electron chi connectivity index (χ1n) is 8.86. The molecule has 1 aliphatic heterocycles. The number of piperazine rings is 1. The highest BCUT2D eigenvalue weighted by atomic mass is 35.5. The van der Waals surface area contributed by atoms with Crippen LogP contribution in [0.3, 0.4) is 0 Å². The summed E-state index contributed by atoms with van der Waals surface area (Å²) >= 11 is 5.96. The number of nitrogens with one attached hydrogen (secondary N) is 1. The van der Waals surface area contributed by atoms with Crippen LogP contribution in [0.1, 0.15) is 20.8 Å². The molecular formula is C20H17ClN4O3. The lowest BCUT2D eigenvalue weighted by molar-refractivity contribution is 0.0533. The Morgan fingerprint density at radius 1 is 0.893 bits per heavy atom. The van der Waals surface area contributed by atoms with Crippen LogP contribution in [-0.2, 0) is 0 Å². The number of benzene rings is 2. The van der Waals surface area contributed by atoms with Crippen molar-refractivity contribution in [2.45, 2.75) is 0 Å². The zero-order chi connectivity index (χ0) is 19.7. The van der Waals surface area contributed by atoms with E-state index in [0.29, 0.717) is 47.5 Å². The Bertz CT molecular complexity index is 1120. The molecule has 2 heterocycles. The van der Waals surface area contributed by atoms with E-state index in [1.165, 1.54) is 0 Å². The van der Waals surface area contributed by atoms with E-state index in [1.54, 1.807) is 58.3 Å². The predicted octanol–water partition coefficient (Wildman–Crippen LogP) is 2.17. The molecule has 8 heteroatoms. The van der Waals surface area contributed by atoms with E-state index in [2.05, 4.69) is 10.2 Å². The lowest BCUT2D eigenvalue weighted by Crippen LogP contribution is -2.50. The van der Waals surface area contributed by atoms with Gasteiger partial charge in [0, 0.05) is 42.2 Å².